The van der Waals surface area contributed by atoms with Crippen molar-refractivity contribution < 1.29 is 18.8 Å². The van der Waals surface area contributed by atoms with Crippen molar-refractivity contribution >= 4 is 12.0 Å². The lowest BCUT2D eigenvalue weighted by Gasteiger charge is -2.25. The maximum Gasteiger partial charge on any atom is 0.407 e. The third-order valence-electron chi connectivity index (χ3n) is 3.65. The maximum absolute atomic E-state index is 12.1. The molecule has 0 unspecified atom stereocenters. The molecule has 0 saturated carbocycles. The van der Waals surface area contributed by atoms with Gasteiger partial charge in [0.05, 0.1) is 12.7 Å². The van der Waals surface area contributed by atoms with Gasteiger partial charge >= 0.3 is 6.09 Å². The second-order valence-electron chi connectivity index (χ2n) is 5.25. The van der Waals surface area contributed by atoms with E-state index < -0.39 is 6.09 Å². The lowest BCUT2D eigenvalue weighted by atomic mass is 10.1. The van der Waals surface area contributed by atoms with Crippen LogP contribution in [0, 0.1) is 0 Å². The summed E-state index contributed by atoms with van der Waals surface area (Å²) in [5.74, 6) is 0.665. The van der Waals surface area contributed by atoms with Crippen LogP contribution in [0.2, 0.25) is 0 Å². The van der Waals surface area contributed by atoms with E-state index >= 15 is 0 Å². The van der Waals surface area contributed by atoms with E-state index in [0.29, 0.717) is 19.5 Å². The van der Waals surface area contributed by atoms with E-state index in [-0.39, 0.29) is 19.1 Å². The second kappa shape index (κ2) is 6.95. The molecule has 2 amide bonds. The zero-order valence-corrected chi connectivity index (χ0v) is 12.5. The van der Waals surface area contributed by atoms with Gasteiger partial charge in [-0.15, -0.1) is 0 Å². The normalized spacial score (nSPS) is 13.3. The van der Waals surface area contributed by atoms with Crippen molar-refractivity contribution in [3.63, 3.8) is 0 Å². The van der Waals surface area contributed by atoms with E-state index in [2.05, 4.69) is 10.5 Å². The standard InChI is InChI=1S/C16H17N3O4/c20-15(19-7-6-14-13(10-19)8-18-23-14)9-17-16(21)22-11-12-4-2-1-3-5-12/h1-5,8H,6-7,9-11H2,(H,17,21). The average molecular weight is 315 g/mol. The van der Waals surface area contributed by atoms with Crippen LogP contribution >= 0.6 is 0 Å². The topological polar surface area (TPSA) is 84.7 Å². The zero-order valence-electron chi connectivity index (χ0n) is 12.5. The monoisotopic (exact) mass is 315 g/mol. The van der Waals surface area contributed by atoms with Crippen molar-refractivity contribution in [3.05, 3.63) is 53.4 Å². The van der Waals surface area contributed by atoms with Crippen LogP contribution in [0.1, 0.15) is 16.9 Å². The number of alkyl carbamates (subject to hydrolysis) is 1. The number of aromatic nitrogens is 1. The van der Waals surface area contributed by atoms with E-state index in [4.69, 9.17) is 9.26 Å². The van der Waals surface area contributed by atoms with Gasteiger partial charge in [0.1, 0.15) is 18.9 Å². The highest BCUT2D eigenvalue weighted by atomic mass is 16.5. The fraction of sp³-hybridized carbons (Fsp3) is 0.312. The van der Waals surface area contributed by atoms with E-state index in [1.54, 1.807) is 11.1 Å². The van der Waals surface area contributed by atoms with E-state index in [0.717, 1.165) is 16.9 Å². The Morgan fingerprint density at radius 1 is 1.30 bits per heavy atom. The Morgan fingerprint density at radius 3 is 2.96 bits per heavy atom. The summed E-state index contributed by atoms with van der Waals surface area (Å²) in [5, 5.41) is 6.20. The highest BCUT2D eigenvalue weighted by molar-refractivity contribution is 5.82. The summed E-state index contributed by atoms with van der Waals surface area (Å²) in [6.45, 7) is 1.10. The Morgan fingerprint density at radius 2 is 2.13 bits per heavy atom. The molecule has 1 aromatic carbocycles. The number of benzene rings is 1. The Balaban J connectivity index is 1.41. The van der Waals surface area contributed by atoms with Crippen LogP contribution in [0.15, 0.2) is 41.1 Å². The minimum atomic E-state index is -0.607. The number of carbonyl (C=O) groups is 2. The molecule has 1 aromatic heterocycles. The molecule has 7 nitrogen and oxygen atoms in total. The Bertz CT molecular complexity index is 684. The minimum absolute atomic E-state index is 0.0891. The molecule has 1 aliphatic rings. The molecule has 2 heterocycles. The van der Waals surface area contributed by atoms with Crippen molar-refractivity contribution in [2.45, 2.75) is 19.6 Å². The van der Waals surface area contributed by atoms with Gasteiger partial charge in [-0.25, -0.2) is 4.79 Å². The molecule has 0 aliphatic carbocycles. The van der Waals surface area contributed by atoms with Gasteiger partial charge in [0, 0.05) is 18.5 Å². The van der Waals surface area contributed by atoms with Gasteiger partial charge < -0.3 is 19.5 Å². The highest BCUT2D eigenvalue weighted by Gasteiger charge is 2.23. The highest BCUT2D eigenvalue weighted by Crippen LogP contribution is 2.17. The number of fused-ring (bicyclic) bond motifs is 1. The number of nitrogens with one attached hydrogen (secondary N) is 1. The predicted octanol–water partition coefficient (Wildman–Crippen LogP) is 1.49. The fourth-order valence-electron chi connectivity index (χ4n) is 2.39. The van der Waals surface area contributed by atoms with Gasteiger partial charge in [0.15, 0.2) is 0 Å². The largest absolute Gasteiger partial charge is 0.445 e. The van der Waals surface area contributed by atoms with E-state index in [1.807, 2.05) is 30.3 Å². The number of hydrogen-bond donors (Lipinski definition) is 1. The van der Waals surface area contributed by atoms with Gasteiger partial charge in [0.2, 0.25) is 5.91 Å². The van der Waals surface area contributed by atoms with E-state index in [9.17, 15) is 9.59 Å². The number of rotatable bonds is 4. The summed E-state index contributed by atoms with van der Waals surface area (Å²) in [7, 11) is 0. The summed E-state index contributed by atoms with van der Waals surface area (Å²) in [4.78, 5) is 25.4. The second-order valence-corrected chi connectivity index (χ2v) is 5.25. The summed E-state index contributed by atoms with van der Waals surface area (Å²) in [5.41, 5.74) is 1.81. The third kappa shape index (κ3) is 3.88. The predicted molar refractivity (Wildman–Crippen MR) is 80.3 cm³/mol. The molecule has 0 saturated heterocycles. The van der Waals surface area contributed by atoms with Crippen LogP contribution in [0.3, 0.4) is 0 Å². The molecule has 1 aliphatic heterocycles. The van der Waals surface area contributed by atoms with Crippen LogP contribution in [0.4, 0.5) is 4.79 Å². The first-order valence-corrected chi connectivity index (χ1v) is 7.37. The molecule has 0 bridgehead atoms. The van der Waals surface area contributed by atoms with Crippen molar-refractivity contribution in [2.24, 2.45) is 0 Å². The molecular weight excluding hydrogens is 298 g/mol. The van der Waals surface area contributed by atoms with Gasteiger partial charge in [0.25, 0.3) is 0 Å². The first-order chi connectivity index (χ1) is 11.2. The molecule has 23 heavy (non-hydrogen) atoms. The number of ether oxygens (including phenoxy) is 1. The van der Waals surface area contributed by atoms with Crippen LogP contribution in [-0.4, -0.2) is 35.1 Å². The van der Waals surface area contributed by atoms with Gasteiger partial charge in [-0.1, -0.05) is 35.5 Å². The molecule has 0 fully saturated rings. The first-order valence-electron chi connectivity index (χ1n) is 7.37. The third-order valence-corrected chi connectivity index (χ3v) is 3.65. The molecule has 7 heteroatoms. The van der Waals surface area contributed by atoms with Crippen molar-refractivity contribution in [1.29, 1.82) is 0 Å². The van der Waals surface area contributed by atoms with Crippen LogP contribution in [-0.2, 0) is 29.1 Å². The summed E-state index contributed by atoms with van der Waals surface area (Å²) >= 11 is 0. The molecule has 0 radical (unpaired) electrons. The molecule has 0 spiro atoms. The summed E-state index contributed by atoms with van der Waals surface area (Å²) < 4.78 is 10.1. The number of nitrogens with zero attached hydrogens (tertiary/aromatic N) is 2. The fourth-order valence-corrected chi connectivity index (χ4v) is 2.39. The molecular formula is C16H17N3O4. The van der Waals surface area contributed by atoms with Crippen molar-refractivity contribution in [2.75, 3.05) is 13.1 Å². The van der Waals surface area contributed by atoms with Gasteiger partial charge in [-0.05, 0) is 5.56 Å². The smallest absolute Gasteiger partial charge is 0.407 e. The van der Waals surface area contributed by atoms with Gasteiger partial charge in [-0.3, -0.25) is 4.79 Å². The first kappa shape index (κ1) is 15.1. The maximum atomic E-state index is 12.1. The van der Waals surface area contributed by atoms with Crippen LogP contribution < -0.4 is 5.32 Å². The Labute approximate surface area is 133 Å². The number of hydrogen-bond acceptors (Lipinski definition) is 5. The quantitative estimate of drug-likeness (QED) is 0.924. The lowest BCUT2D eigenvalue weighted by Crippen LogP contribution is -2.42. The summed E-state index contributed by atoms with van der Waals surface area (Å²) in [6, 6.07) is 9.36. The number of amides is 2. The average Bonchev–Trinajstić information content (AvgIpc) is 3.06. The number of carbonyl (C=O) groups excluding carboxylic acids is 2. The zero-order chi connectivity index (χ0) is 16.1. The summed E-state index contributed by atoms with van der Waals surface area (Å²) in [6.07, 6.45) is 1.65. The van der Waals surface area contributed by atoms with Crippen molar-refractivity contribution in [3.8, 4) is 0 Å². The Hall–Kier alpha value is -2.83. The SMILES string of the molecule is O=C(NCC(=O)N1CCc2oncc2C1)OCc1ccccc1. The molecule has 0 atom stereocenters. The Kier molecular flexibility index (Phi) is 4.56. The molecule has 3 rings (SSSR count). The van der Waals surface area contributed by atoms with Crippen LogP contribution in [0.5, 0.6) is 0 Å². The molecule has 1 N–H and O–H groups in total. The molecule has 2 aromatic rings. The van der Waals surface area contributed by atoms with Gasteiger partial charge in [-0.2, -0.15) is 0 Å². The lowest BCUT2D eigenvalue weighted by molar-refractivity contribution is -0.131. The van der Waals surface area contributed by atoms with Crippen LogP contribution in [0.25, 0.3) is 0 Å². The minimum Gasteiger partial charge on any atom is -0.445 e. The molecule has 120 valence electrons. The van der Waals surface area contributed by atoms with Crippen molar-refractivity contribution in [1.82, 2.24) is 15.4 Å². The van der Waals surface area contributed by atoms with E-state index in [1.165, 1.54) is 0 Å².